The van der Waals surface area contributed by atoms with Crippen LogP contribution in [0.1, 0.15) is 17.1 Å². The number of anilines is 1. The second kappa shape index (κ2) is 5.80. The summed E-state index contributed by atoms with van der Waals surface area (Å²) in [7, 11) is 0. The molecule has 0 saturated carbocycles. The fraction of sp³-hybridized carbons (Fsp3) is 0.200. The molecule has 0 aliphatic rings. The average molecular weight is 271 g/mol. The Labute approximate surface area is 117 Å². The highest BCUT2D eigenvalue weighted by Crippen LogP contribution is 2.34. The van der Waals surface area contributed by atoms with Crippen molar-refractivity contribution in [1.29, 1.82) is 0 Å². The number of rotatable bonds is 6. The van der Waals surface area contributed by atoms with Crippen molar-refractivity contribution in [3.05, 3.63) is 55.0 Å². The predicted molar refractivity (Wildman–Crippen MR) is 83.5 cm³/mol. The summed E-state index contributed by atoms with van der Waals surface area (Å²) in [6.45, 7) is 11.3. The van der Waals surface area contributed by atoms with Crippen molar-refractivity contribution < 1.29 is 0 Å². The molecule has 2 rings (SSSR count). The third kappa shape index (κ3) is 2.58. The van der Waals surface area contributed by atoms with Crippen molar-refractivity contribution in [2.75, 3.05) is 5.73 Å². The Kier molecular flexibility index (Phi) is 4.12. The maximum atomic E-state index is 6.09. The lowest BCUT2D eigenvalue weighted by molar-refractivity contribution is 0.971. The lowest BCUT2D eigenvalue weighted by Crippen LogP contribution is -1.99. The predicted octanol–water partition coefficient (Wildman–Crippen LogP) is 3.46. The fourth-order valence-electron chi connectivity index (χ4n) is 1.99. The average Bonchev–Trinajstić information content (AvgIpc) is 2.69. The van der Waals surface area contributed by atoms with Gasteiger partial charge < -0.3 is 5.73 Å². The fourth-order valence-corrected chi connectivity index (χ4v) is 3.02. The topological polar surface area (TPSA) is 51.8 Å². The van der Waals surface area contributed by atoms with Crippen LogP contribution < -0.4 is 5.73 Å². The Morgan fingerprint density at radius 3 is 2.32 bits per heavy atom. The van der Waals surface area contributed by atoms with Crippen LogP contribution in [0.4, 0.5) is 5.00 Å². The molecule has 3 nitrogen and oxygen atoms in total. The van der Waals surface area contributed by atoms with Gasteiger partial charge >= 0.3 is 0 Å². The Balaban J connectivity index is 2.70. The Bertz CT molecular complexity index is 640. The SMILES string of the molecule is C=CCc1nc(CC=C)c2sc(N)c(CC=C)c2n1. The molecule has 0 aromatic carbocycles. The first-order valence-corrected chi connectivity index (χ1v) is 6.92. The van der Waals surface area contributed by atoms with Crippen molar-refractivity contribution >= 4 is 26.6 Å². The third-order valence-corrected chi connectivity index (χ3v) is 3.89. The van der Waals surface area contributed by atoms with Gasteiger partial charge in [-0.1, -0.05) is 18.2 Å². The van der Waals surface area contributed by atoms with E-state index in [2.05, 4.69) is 29.7 Å². The highest BCUT2D eigenvalue weighted by Gasteiger charge is 2.15. The molecule has 0 unspecified atom stereocenters. The molecule has 98 valence electrons. The first-order valence-electron chi connectivity index (χ1n) is 6.10. The molecule has 0 radical (unpaired) electrons. The summed E-state index contributed by atoms with van der Waals surface area (Å²) in [6, 6.07) is 0. The molecule has 2 N–H and O–H groups in total. The molecule has 2 heterocycles. The van der Waals surface area contributed by atoms with E-state index in [-0.39, 0.29) is 0 Å². The van der Waals surface area contributed by atoms with Gasteiger partial charge in [-0.05, 0) is 6.42 Å². The van der Waals surface area contributed by atoms with E-state index in [9.17, 15) is 0 Å². The Morgan fingerprint density at radius 1 is 1.00 bits per heavy atom. The number of allylic oxidation sites excluding steroid dienone is 3. The minimum Gasteiger partial charge on any atom is -0.390 e. The first kappa shape index (κ1) is 13.5. The smallest absolute Gasteiger partial charge is 0.133 e. The summed E-state index contributed by atoms with van der Waals surface area (Å²) in [6.07, 6.45) is 7.61. The molecule has 2 aromatic heterocycles. The monoisotopic (exact) mass is 271 g/mol. The summed E-state index contributed by atoms with van der Waals surface area (Å²) in [5, 5.41) is 0.797. The number of fused-ring (bicyclic) bond motifs is 1. The Morgan fingerprint density at radius 2 is 1.68 bits per heavy atom. The summed E-state index contributed by atoms with van der Waals surface area (Å²) >= 11 is 1.54. The van der Waals surface area contributed by atoms with Gasteiger partial charge in [-0.25, -0.2) is 9.97 Å². The van der Waals surface area contributed by atoms with Crippen LogP contribution >= 0.6 is 11.3 Å². The number of nitrogen functional groups attached to an aromatic ring is 1. The summed E-state index contributed by atoms with van der Waals surface area (Å²) in [4.78, 5) is 9.18. The van der Waals surface area contributed by atoms with E-state index in [4.69, 9.17) is 5.73 Å². The van der Waals surface area contributed by atoms with Crippen LogP contribution in [0.15, 0.2) is 38.0 Å². The molecular formula is C15H17N3S. The summed E-state index contributed by atoms with van der Waals surface area (Å²) < 4.78 is 1.06. The number of nitrogens with zero attached hydrogens (tertiary/aromatic N) is 2. The van der Waals surface area contributed by atoms with Crippen molar-refractivity contribution in [1.82, 2.24) is 9.97 Å². The van der Waals surface area contributed by atoms with Gasteiger partial charge in [0.05, 0.1) is 20.9 Å². The molecule has 0 atom stereocenters. The van der Waals surface area contributed by atoms with Gasteiger partial charge in [-0.2, -0.15) is 0 Å². The minimum atomic E-state index is 0.656. The van der Waals surface area contributed by atoms with E-state index in [1.807, 2.05) is 18.2 Å². The van der Waals surface area contributed by atoms with E-state index >= 15 is 0 Å². The minimum absolute atomic E-state index is 0.656. The highest BCUT2D eigenvalue weighted by molar-refractivity contribution is 7.23. The molecule has 0 aliphatic heterocycles. The van der Waals surface area contributed by atoms with Crippen LogP contribution in [0, 0.1) is 0 Å². The lowest BCUT2D eigenvalue weighted by atomic mass is 10.1. The molecule has 0 amide bonds. The molecule has 0 spiro atoms. The van der Waals surface area contributed by atoms with Gasteiger partial charge in [0.25, 0.3) is 0 Å². The van der Waals surface area contributed by atoms with Crippen molar-refractivity contribution in [2.24, 2.45) is 0 Å². The number of hydrogen-bond donors (Lipinski definition) is 1. The largest absolute Gasteiger partial charge is 0.390 e. The lowest BCUT2D eigenvalue weighted by Gasteiger charge is -2.03. The Hall–Kier alpha value is -1.94. The first-order chi connectivity index (χ1) is 9.21. The van der Waals surface area contributed by atoms with Crippen LogP contribution in [0.3, 0.4) is 0 Å². The van der Waals surface area contributed by atoms with E-state index in [0.717, 1.165) is 45.1 Å². The molecule has 0 fully saturated rings. The van der Waals surface area contributed by atoms with Crippen LogP contribution in [0.5, 0.6) is 0 Å². The second-order valence-corrected chi connectivity index (χ2v) is 5.24. The zero-order chi connectivity index (χ0) is 13.8. The highest BCUT2D eigenvalue weighted by atomic mass is 32.1. The number of thiophene rings is 1. The van der Waals surface area contributed by atoms with E-state index in [1.54, 1.807) is 11.3 Å². The summed E-state index contributed by atoms with van der Waals surface area (Å²) in [5.74, 6) is 0.780. The van der Waals surface area contributed by atoms with Gasteiger partial charge in [-0.3, -0.25) is 0 Å². The van der Waals surface area contributed by atoms with Crippen molar-refractivity contribution in [2.45, 2.75) is 19.3 Å². The summed E-state index contributed by atoms with van der Waals surface area (Å²) in [5.41, 5.74) is 9.07. The van der Waals surface area contributed by atoms with Crippen LogP contribution in [0.25, 0.3) is 10.2 Å². The zero-order valence-corrected chi connectivity index (χ0v) is 11.7. The van der Waals surface area contributed by atoms with Crippen LogP contribution in [-0.4, -0.2) is 9.97 Å². The van der Waals surface area contributed by atoms with Gasteiger partial charge in [-0.15, -0.1) is 31.1 Å². The van der Waals surface area contributed by atoms with Gasteiger partial charge in [0.1, 0.15) is 5.82 Å². The van der Waals surface area contributed by atoms with Crippen LogP contribution in [-0.2, 0) is 19.3 Å². The standard InChI is InChI=1S/C15H17N3S/c1-4-7-10-13-14(19-15(10)16)11(8-5-2)17-12(18-13)9-6-3/h4-6H,1-3,7-9,16H2. The quantitative estimate of drug-likeness (QED) is 0.819. The molecule has 0 saturated heterocycles. The molecule has 19 heavy (non-hydrogen) atoms. The van der Waals surface area contributed by atoms with Crippen molar-refractivity contribution in [3.63, 3.8) is 0 Å². The third-order valence-electron chi connectivity index (χ3n) is 2.79. The second-order valence-electron chi connectivity index (χ2n) is 4.19. The molecule has 0 bridgehead atoms. The molecule has 0 aliphatic carbocycles. The zero-order valence-electron chi connectivity index (χ0n) is 10.9. The maximum absolute atomic E-state index is 6.09. The van der Waals surface area contributed by atoms with Gasteiger partial charge in [0, 0.05) is 18.4 Å². The maximum Gasteiger partial charge on any atom is 0.133 e. The van der Waals surface area contributed by atoms with E-state index in [1.165, 1.54) is 0 Å². The van der Waals surface area contributed by atoms with E-state index < -0.39 is 0 Å². The van der Waals surface area contributed by atoms with Gasteiger partial charge in [0.15, 0.2) is 0 Å². The van der Waals surface area contributed by atoms with Crippen molar-refractivity contribution in [3.8, 4) is 0 Å². The number of hydrogen-bond acceptors (Lipinski definition) is 4. The van der Waals surface area contributed by atoms with Crippen LogP contribution in [0.2, 0.25) is 0 Å². The normalized spacial score (nSPS) is 10.5. The number of aromatic nitrogens is 2. The molecular weight excluding hydrogens is 254 g/mol. The molecule has 4 heteroatoms. The molecule has 2 aromatic rings. The van der Waals surface area contributed by atoms with E-state index in [0.29, 0.717) is 6.42 Å². The number of nitrogens with two attached hydrogens (primary N) is 1. The van der Waals surface area contributed by atoms with Gasteiger partial charge in [0.2, 0.25) is 0 Å².